The highest BCUT2D eigenvalue weighted by molar-refractivity contribution is 5.81. The van der Waals surface area contributed by atoms with Crippen molar-refractivity contribution in [2.45, 2.75) is 44.6 Å². The Hall–Kier alpha value is -1.55. The van der Waals surface area contributed by atoms with E-state index in [4.69, 9.17) is 5.73 Å². The van der Waals surface area contributed by atoms with Crippen molar-refractivity contribution in [1.29, 1.82) is 0 Å². The van der Waals surface area contributed by atoms with Crippen molar-refractivity contribution in [2.24, 2.45) is 11.7 Å². The molecule has 0 aromatic heterocycles. The molecule has 0 bridgehead atoms. The zero-order chi connectivity index (χ0) is 15.2. The van der Waals surface area contributed by atoms with Gasteiger partial charge < -0.3 is 15.7 Å². The Balaban J connectivity index is 1.84. The van der Waals surface area contributed by atoms with Gasteiger partial charge in [0.2, 0.25) is 5.91 Å². The molecule has 0 saturated heterocycles. The second kappa shape index (κ2) is 7.46. The van der Waals surface area contributed by atoms with Gasteiger partial charge in [0, 0.05) is 13.6 Å². The molecular weight excluding hydrogens is 264 g/mol. The van der Waals surface area contributed by atoms with E-state index in [1.54, 1.807) is 17.0 Å². The molecule has 1 amide bonds. The molecule has 1 aliphatic rings. The minimum Gasteiger partial charge on any atom is -0.508 e. The van der Waals surface area contributed by atoms with E-state index in [1.807, 2.05) is 19.2 Å². The van der Waals surface area contributed by atoms with E-state index in [2.05, 4.69) is 0 Å². The number of hydrogen-bond donors (Lipinski definition) is 2. The lowest BCUT2D eigenvalue weighted by Gasteiger charge is -2.28. The zero-order valence-electron chi connectivity index (χ0n) is 12.8. The van der Waals surface area contributed by atoms with E-state index in [0.29, 0.717) is 12.3 Å². The molecule has 1 aromatic carbocycles. The lowest BCUT2D eigenvalue weighted by Crippen LogP contribution is -2.44. The van der Waals surface area contributed by atoms with Crippen molar-refractivity contribution in [3.8, 4) is 5.75 Å². The van der Waals surface area contributed by atoms with Crippen LogP contribution in [0.25, 0.3) is 0 Å². The van der Waals surface area contributed by atoms with Crippen LogP contribution in [0.15, 0.2) is 24.3 Å². The van der Waals surface area contributed by atoms with Crippen molar-refractivity contribution in [2.75, 3.05) is 13.6 Å². The largest absolute Gasteiger partial charge is 0.508 e. The van der Waals surface area contributed by atoms with Gasteiger partial charge in [-0.15, -0.1) is 0 Å². The molecule has 0 aliphatic heterocycles. The topological polar surface area (TPSA) is 66.6 Å². The molecule has 0 spiro atoms. The van der Waals surface area contributed by atoms with Crippen LogP contribution in [0.3, 0.4) is 0 Å². The summed E-state index contributed by atoms with van der Waals surface area (Å²) in [6.07, 6.45) is 6.86. The number of carbonyl (C=O) groups is 1. The lowest BCUT2D eigenvalue weighted by atomic mass is 9.89. The number of nitrogens with two attached hydrogens (primary N) is 1. The van der Waals surface area contributed by atoms with Gasteiger partial charge in [0.25, 0.3) is 0 Å². The van der Waals surface area contributed by atoms with E-state index in [-0.39, 0.29) is 11.7 Å². The van der Waals surface area contributed by atoms with Crippen LogP contribution in [-0.2, 0) is 11.2 Å². The molecule has 4 nitrogen and oxygen atoms in total. The summed E-state index contributed by atoms with van der Waals surface area (Å²) in [4.78, 5) is 14.1. The highest BCUT2D eigenvalue weighted by Crippen LogP contribution is 2.24. The standard InChI is InChI=1S/C17H26N2O2/c1-19(12-14-5-3-2-4-6-14)17(21)16(18)11-13-7-9-15(20)10-8-13/h7-10,14,16,20H,2-6,11-12,18H2,1H3/t16-/m1/s1. The minimum atomic E-state index is -0.511. The first-order valence-electron chi connectivity index (χ1n) is 7.84. The first kappa shape index (κ1) is 15.8. The quantitative estimate of drug-likeness (QED) is 0.874. The third-order valence-corrected chi connectivity index (χ3v) is 4.34. The molecule has 21 heavy (non-hydrogen) atoms. The Bertz CT molecular complexity index is 452. The summed E-state index contributed by atoms with van der Waals surface area (Å²) in [6, 6.07) is 6.35. The molecule has 1 aliphatic carbocycles. The molecule has 3 N–H and O–H groups in total. The van der Waals surface area contributed by atoms with Crippen LogP contribution in [0, 0.1) is 5.92 Å². The Labute approximate surface area is 126 Å². The van der Waals surface area contributed by atoms with Gasteiger partial charge in [0.1, 0.15) is 5.75 Å². The fourth-order valence-electron chi connectivity index (χ4n) is 3.10. The number of hydrogen-bond acceptors (Lipinski definition) is 3. The maximum absolute atomic E-state index is 12.3. The summed E-state index contributed by atoms with van der Waals surface area (Å²) in [5.74, 6) is 0.871. The summed E-state index contributed by atoms with van der Waals surface area (Å²) >= 11 is 0. The molecule has 0 unspecified atom stereocenters. The Morgan fingerprint density at radius 1 is 1.29 bits per heavy atom. The number of nitrogens with zero attached hydrogens (tertiary/aromatic N) is 1. The Kier molecular flexibility index (Phi) is 5.62. The van der Waals surface area contributed by atoms with Crippen LogP contribution in [0.2, 0.25) is 0 Å². The zero-order valence-corrected chi connectivity index (χ0v) is 12.8. The molecule has 0 heterocycles. The van der Waals surface area contributed by atoms with Crippen LogP contribution < -0.4 is 5.73 Å². The lowest BCUT2D eigenvalue weighted by molar-refractivity contribution is -0.132. The van der Waals surface area contributed by atoms with Crippen LogP contribution in [0.5, 0.6) is 5.75 Å². The average Bonchev–Trinajstić information content (AvgIpc) is 2.49. The van der Waals surface area contributed by atoms with Gasteiger partial charge in [-0.25, -0.2) is 0 Å². The van der Waals surface area contributed by atoms with Crippen LogP contribution in [-0.4, -0.2) is 35.5 Å². The van der Waals surface area contributed by atoms with Gasteiger partial charge in [-0.2, -0.15) is 0 Å². The highest BCUT2D eigenvalue weighted by atomic mass is 16.3. The number of aromatic hydroxyl groups is 1. The number of phenolic OH excluding ortho intramolecular Hbond substituents is 1. The van der Waals surface area contributed by atoms with Gasteiger partial charge in [-0.1, -0.05) is 31.4 Å². The van der Waals surface area contributed by atoms with Crippen molar-refractivity contribution in [1.82, 2.24) is 4.90 Å². The molecule has 1 fully saturated rings. The van der Waals surface area contributed by atoms with E-state index >= 15 is 0 Å². The summed E-state index contributed by atoms with van der Waals surface area (Å²) in [5.41, 5.74) is 7.01. The smallest absolute Gasteiger partial charge is 0.239 e. The number of benzene rings is 1. The van der Waals surface area contributed by atoms with Crippen molar-refractivity contribution in [3.05, 3.63) is 29.8 Å². The molecule has 2 rings (SSSR count). The number of carbonyl (C=O) groups excluding carboxylic acids is 1. The number of amides is 1. The Morgan fingerprint density at radius 2 is 1.90 bits per heavy atom. The van der Waals surface area contributed by atoms with Gasteiger partial charge in [0.05, 0.1) is 6.04 Å². The molecule has 1 saturated carbocycles. The maximum Gasteiger partial charge on any atom is 0.239 e. The van der Waals surface area contributed by atoms with Crippen molar-refractivity contribution in [3.63, 3.8) is 0 Å². The predicted octanol–water partition coefficient (Wildman–Crippen LogP) is 2.30. The van der Waals surface area contributed by atoms with E-state index < -0.39 is 6.04 Å². The van der Waals surface area contributed by atoms with E-state index in [1.165, 1.54) is 32.1 Å². The summed E-state index contributed by atoms with van der Waals surface area (Å²) < 4.78 is 0. The van der Waals surface area contributed by atoms with Crippen LogP contribution in [0.4, 0.5) is 0 Å². The third kappa shape index (κ3) is 4.74. The Morgan fingerprint density at radius 3 is 2.52 bits per heavy atom. The van der Waals surface area contributed by atoms with Gasteiger partial charge >= 0.3 is 0 Å². The van der Waals surface area contributed by atoms with E-state index in [0.717, 1.165) is 12.1 Å². The fraction of sp³-hybridized carbons (Fsp3) is 0.588. The highest BCUT2D eigenvalue weighted by Gasteiger charge is 2.22. The molecular formula is C17H26N2O2. The SMILES string of the molecule is CN(CC1CCCCC1)C(=O)[C@H](N)Cc1ccc(O)cc1. The monoisotopic (exact) mass is 290 g/mol. The normalized spacial score (nSPS) is 17.4. The third-order valence-electron chi connectivity index (χ3n) is 4.34. The van der Waals surface area contributed by atoms with Gasteiger partial charge in [0.15, 0.2) is 0 Å². The van der Waals surface area contributed by atoms with Crippen LogP contribution in [0.1, 0.15) is 37.7 Å². The van der Waals surface area contributed by atoms with Crippen molar-refractivity contribution < 1.29 is 9.90 Å². The van der Waals surface area contributed by atoms with Gasteiger partial charge in [-0.3, -0.25) is 4.79 Å². The number of likely N-dealkylation sites (N-methyl/N-ethyl adjacent to an activating group) is 1. The summed E-state index contributed by atoms with van der Waals surface area (Å²) in [7, 11) is 1.85. The summed E-state index contributed by atoms with van der Waals surface area (Å²) in [5, 5.41) is 9.26. The first-order valence-corrected chi connectivity index (χ1v) is 7.84. The predicted molar refractivity (Wildman–Crippen MR) is 84.0 cm³/mol. The van der Waals surface area contributed by atoms with Crippen molar-refractivity contribution >= 4 is 5.91 Å². The van der Waals surface area contributed by atoms with Crippen LogP contribution >= 0.6 is 0 Å². The summed E-state index contributed by atoms with van der Waals surface area (Å²) in [6.45, 7) is 0.822. The molecule has 4 heteroatoms. The van der Waals surface area contributed by atoms with E-state index in [9.17, 15) is 9.90 Å². The number of phenols is 1. The second-order valence-corrected chi connectivity index (χ2v) is 6.20. The first-order chi connectivity index (χ1) is 10.1. The fourth-order valence-corrected chi connectivity index (χ4v) is 3.10. The number of rotatable bonds is 5. The van der Waals surface area contributed by atoms with Gasteiger partial charge in [-0.05, 0) is 42.9 Å². The molecule has 116 valence electrons. The minimum absolute atomic E-state index is 0.00801. The average molecular weight is 290 g/mol. The second-order valence-electron chi connectivity index (χ2n) is 6.20. The molecule has 1 atom stereocenters. The maximum atomic E-state index is 12.3. The molecule has 1 aromatic rings. The molecule has 0 radical (unpaired) electrons.